The van der Waals surface area contributed by atoms with Gasteiger partial charge in [-0.1, -0.05) is 30.3 Å². The first-order valence-corrected chi connectivity index (χ1v) is 13.3. The van der Waals surface area contributed by atoms with Crippen LogP contribution in [0.1, 0.15) is 68.6 Å². The van der Waals surface area contributed by atoms with Crippen LogP contribution >= 0.6 is 0 Å². The van der Waals surface area contributed by atoms with E-state index < -0.39 is 11.6 Å². The van der Waals surface area contributed by atoms with E-state index in [4.69, 9.17) is 0 Å². The van der Waals surface area contributed by atoms with E-state index in [-0.39, 0.29) is 40.5 Å². The smallest absolute Gasteiger partial charge is 0.227 e. The van der Waals surface area contributed by atoms with Gasteiger partial charge < -0.3 is 10.2 Å². The van der Waals surface area contributed by atoms with E-state index in [1.807, 2.05) is 17.0 Å². The standard InChI is InChI=1S/C30H37F2N3O2/c1-29(2,3)35-17-23(21-10-9-19(31)15-26(21)32)24(18-35)28(37)34-13-11-30(12-14-34)16-22(27(36)33-4)20-7-5-6-8-25(20)30/h5-10,15,22-24H,11-14,16-18H2,1-4H3,(H,33,36)/t22-,23?,24-/m1/s1. The Balaban J connectivity index is 1.37. The highest BCUT2D eigenvalue weighted by Crippen LogP contribution is 2.52. The number of rotatable bonds is 3. The summed E-state index contributed by atoms with van der Waals surface area (Å²) in [7, 11) is 1.68. The highest BCUT2D eigenvalue weighted by molar-refractivity contribution is 5.85. The van der Waals surface area contributed by atoms with E-state index in [0.717, 1.165) is 30.9 Å². The number of hydrogen-bond donors (Lipinski definition) is 1. The molecular weight excluding hydrogens is 472 g/mol. The van der Waals surface area contributed by atoms with E-state index in [1.54, 1.807) is 7.05 Å². The molecule has 1 N–H and O–H groups in total. The lowest BCUT2D eigenvalue weighted by atomic mass is 9.73. The van der Waals surface area contributed by atoms with Crippen molar-refractivity contribution in [1.82, 2.24) is 15.1 Å². The van der Waals surface area contributed by atoms with Crippen LogP contribution in [0.25, 0.3) is 0 Å². The van der Waals surface area contributed by atoms with Crippen molar-refractivity contribution in [2.75, 3.05) is 33.2 Å². The van der Waals surface area contributed by atoms with E-state index in [0.29, 0.717) is 31.7 Å². The van der Waals surface area contributed by atoms with Crippen LogP contribution in [0.5, 0.6) is 0 Å². The highest BCUT2D eigenvalue weighted by atomic mass is 19.1. The fourth-order valence-electron chi connectivity index (χ4n) is 6.88. The van der Waals surface area contributed by atoms with Gasteiger partial charge >= 0.3 is 0 Å². The first-order chi connectivity index (χ1) is 17.5. The number of piperidine rings is 1. The molecule has 0 radical (unpaired) electrons. The summed E-state index contributed by atoms with van der Waals surface area (Å²) >= 11 is 0. The van der Waals surface area contributed by atoms with Crippen molar-refractivity contribution in [3.05, 3.63) is 70.8 Å². The second-order valence-electron chi connectivity index (χ2n) is 12.0. The second-order valence-corrected chi connectivity index (χ2v) is 12.0. The van der Waals surface area contributed by atoms with Crippen LogP contribution in [0, 0.1) is 17.6 Å². The van der Waals surface area contributed by atoms with Crippen LogP contribution in [0.3, 0.4) is 0 Å². The van der Waals surface area contributed by atoms with Crippen molar-refractivity contribution in [1.29, 1.82) is 0 Å². The number of benzene rings is 2. The van der Waals surface area contributed by atoms with E-state index >= 15 is 0 Å². The Labute approximate surface area is 218 Å². The third-order valence-corrected chi connectivity index (χ3v) is 9.05. The number of halogens is 2. The van der Waals surface area contributed by atoms with Crippen molar-refractivity contribution in [2.45, 2.75) is 62.8 Å². The summed E-state index contributed by atoms with van der Waals surface area (Å²) in [6, 6.07) is 11.9. The molecule has 5 rings (SSSR count). The number of nitrogens with one attached hydrogen (secondary N) is 1. The summed E-state index contributed by atoms with van der Waals surface area (Å²) < 4.78 is 28.5. The summed E-state index contributed by atoms with van der Waals surface area (Å²) in [5.41, 5.74) is 2.48. The zero-order chi connectivity index (χ0) is 26.5. The van der Waals surface area contributed by atoms with E-state index in [9.17, 15) is 18.4 Å². The number of amides is 2. The third-order valence-electron chi connectivity index (χ3n) is 9.05. The summed E-state index contributed by atoms with van der Waals surface area (Å²) in [5, 5.41) is 2.82. The molecular formula is C30H37F2N3O2. The zero-order valence-corrected chi connectivity index (χ0v) is 22.2. The van der Waals surface area contributed by atoms with E-state index in [1.165, 1.54) is 17.7 Å². The van der Waals surface area contributed by atoms with Crippen LogP contribution in [0.2, 0.25) is 0 Å². The molecule has 1 spiro atoms. The van der Waals surface area contributed by atoms with Gasteiger partial charge in [0.1, 0.15) is 11.6 Å². The average Bonchev–Trinajstić information content (AvgIpc) is 3.45. The second kappa shape index (κ2) is 9.50. The summed E-state index contributed by atoms with van der Waals surface area (Å²) in [6.45, 7) is 8.62. The molecule has 2 heterocycles. The van der Waals surface area contributed by atoms with Gasteiger partial charge in [-0.3, -0.25) is 14.5 Å². The normalized spacial score (nSPS) is 25.4. The number of likely N-dealkylation sites (tertiary alicyclic amines) is 2. The molecule has 2 aromatic carbocycles. The Morgan fingerprint density at radius 3 is 2.35 bits per heavy atom. The Hall–Kier alpha value is -2.80. The summed E-state index contributed by atoms with van der Waals surface area (Å²) in [5.74, 6) is -1.98. The molecule has 5 nitrogen and oxygen atoms in total. The lowest BCUT2D eigenvalue weighted by molar-refractivity contribution is -0.137. The zero-order valence-electron chi connectivity index (χ0n) is 22.2. The highest BCUT2D eigenvalue weighted by Gasteiger charge is 2.50. The fourth-order valence-corrected chi connectivity index (χ4v) is 6.88. The van der Waals surface area contributed by atoms with Crippen LogP contribution in [-0.2, 0) is 15.0 Å². The average molecular weight is 510 g/mol. The molecule has 3 atom stereocenters. The summed E-state index contributed by atoms with van der Waals surface area (Å²) in [6.07, 6.45) is 2.36. The summed E-state index contributed by atoms with van der Waals surface area (Å²) in [4.78, 5) is 30.8. The molecule has 0 saturated carbocycles. The van der Waals surface area contributed by atoms with Crippen molar-refractivity contribution < 1.29 is 18.4 Å². The largest absolute Gasteiger partial charge is 0.359 e. The van der Waals surface area contributed by atoms with Crippen LogP contribution in [-0.4, -0.2) is 60.4 Å². The Morgan fingerprint density at radius 1 is 1.00 bits per heavy atom. The van der Waals surface area contributed by atoms with Crippen LogP contribution < -0.4 is 5.32 Å². The third kappa shape index (κ3) is 4.56. The van der Waals surface area contributed by atoms with Crippen molar-refractivity contribution in [2.24, 2.45) is 5.92 Å². The molecule has 2 saturated heterocycles. The SMILES string of the molecule is CNC(=O)[C@@H]1CC2(CCN(C(=O)[C@@H]3CN(C(C)(C)C)CC3c3ccc(F)cc3F)CC2)c2ccccc21. The molecule has 198 valence electrons. The first-order valence-electron chi connectivity index (χ1n) is 13.3. The number of fused-ring (bicyclic) bond motifs is 2. The molecule has 2 aromatic rings. The first kappa shape index (κ1) is 25.8. The fraction of sp³-hybridized carbons (Fsp3) is 0.533. The van der Waals surface area contributed by atoms with Gasteiger partial charge in [-0.25, -0.2) is 8.78 Å². The van der Waals surface area contributed by atoms with Crippen molar-refractivity contribution in [3.63, 3.8) is 0 Å². The number of carbonyl (C=O) groups is 2. The number of hydrogen-bond acceptors (Lipinski definition) is 3. The van der Waals surface area contributed by atoms with Crippen LogP contribution in [0.15, 0.2) is 42.5 Å². The lowest BCUT2D eigenvalue weighted by Gasteiger charge is -2.41. The molecule has 3 aliphatic rings. The van der Waals surface area contributed by atoms with Crippen LogP contribution in [0.4, 0.5) is 8.78 Å². The molecule has 1 unspecified atom stereocenters. The van der Waals surface area contributed by atoms with Gasteiger partial charge in [-0.2, -0.15) is 0 Å². The Kier molecular flexibility index (Phi) is 6.63. The maximum absolute atomic E-state index is 14.9. The minimum absolute atomic E-state index is 0.0419. The number of likely N-dealkylation sites (N-methyl/N-ethyl adjacent to an activating group) is 1. The van der Waals surface area contributed by atoms with Gasteiger partial charge in [0.05, 0.1) is 11.8 Å². The quantitative estimate of drug-likeness (QED) is 0.660. The van der Waals surface area contributed by atoms with Gasteiger partial charge in [0, 0.05) is 56.2 Å². The molecule has 2 fully saturated rings. The Morgan fingerprint density at radius 2 is 1.70 bits per heavy atom. The van der Waals surface area contributed by atoms with Gasteiger partial charge in [0.15, 0.2) is 0 Å². The van der Waals surface area contributed by atoms with Gasteiger partial charge in [-0.05, 0) is 62.8 Å². The number of nitrogens with zero attached hydrogens (tertiary/aromatic N) is 2. The molecule has 0 bridgehead atoms. The Bertz CT molecular complexity index is 1200. The van der Waals surface area contributed by atoms with Gasteiger partial charge in [0.25, 0.3) is 0 Å². The maximum atomic E-state index is 14.9. The molecule has 2 aliphatic heterocycles. The molecule has 0 aromatic heterocycles. The lowest BCUT2D eigenvalue weighted by Crippen LogP contribution is -2.48. The van der Waals surface area contributed by atoms with Gasteiger partial charge in [0.2, 0.25) is 11.8 Å². The molecule has 2 amide bonds. The monoisotopic (exact) mass is 509 g/mol. The predicted octanol–water partition coefficient (Wildman–Crippen LogP) is 4.57. The van der Waals surface area contributed by atoms with Crippen molar-refractivity contribution >= 4 is 11.8 Å². The molecule has 37 heavy (non-hydrogen) atoms. The van der Waals surface area contributed by atoms with E-state index in [2.05, 4.69) is 43.1 Å². The minimum Gasteiger partial charge on any atom is -0.359 e. The molecule has 1 aliphatic carbocycles. The minimum atomic E-state index is -0.608. The molecule has 7 heteroatoms. The topological polar surface area (TPSA) is 52.7 Å². The number of carbonyl (C=O) groups excluding carboxylic acids is 2. The maximum Gasteiger partial charge on any atom is 0.227 e. The van der Waals surface area contributed by atoms with Crippen molar-refractivity contribution in [3.8, 4) is 0 Å². The van der Waals surface area contributed by atoms with Gasteiger partial charge in [-0.15, -0.1) is 0 Å². The predicted molar refractivity (Wildman–Crippen MR) is 139 cm³/mol.